The molecule has 0 saturated carbocycles. The summed E-state index contributed by atoms with van der Waals surface area (Å²) in [7, 11) is 0. The van der Waals surface area contributed by atoms with Crippen LogP contribution in [0.15, 0.2) is 24.3 Å². The lowest BCUT2D eigenvalue weighted by Crippen LogP contribution is -2.52. The molecular weight excluding hydrogens is 328 g/mol. The molecular formula is C17H18N2O6. The Hall–Kier alpha value is -2.74. The van der Waals surface area contributed by atoms with Crippen molar-refractivity contribution in [2.45, 2.75) is 25.6 Å². The average Bonchev–Trinajstić information content (AvgIpc) is 2.83. The molecule has 132 valence electrons. The van der Waals surface area contributed by atoms with Crippen LogP contribution in [0.2, 0.25) is 0 Å². The topological polar surface area (TPSA) is 104 Å². The molecule has 1 saturated heterocycles. The number of aliphatic carboxylic acids is 1. The van der Waals surface area contributed by atoms with Gasteiger partial charge in [-0.25, -0.2) is 4.79 Å². The van der Waals surface area contributed by atoms with Gasteiger partial charge in [-0.1, -0.05) is 12.1 Å². The molecule has 1 N–H and O–H groups in total. The van der Waals surface area contributed by atoms with Gasteiger partial charge in [0.2, 0.25) is 5.91 Å². The molecule has 0 bridgehead atoms. The molecule has 1 aromatic carbocycles. The zero-order chi connectivity index (χ0) is 18.1. The number of carboxylic acids is 1. The summed E-state index contributed by atoms with van der Waals surface area (Å²) in [5.41, 5.74) is 0.678. The van der Waals surface area contributed by atoms with Gasteiger partial charge in [-0.05, 0) is 19.1 Å². The normalized spacial score (nSPS) is 22.9. The van der Waals surface area contributed by atoms with E-state index in [0.717, 1.165) is 4.90 Å². The maximum atomic E-state index is 12.4. The number of hydrogen-bond donors (Lipinski definition) is 1. The first-order chi connectivity index (χ1) is 11.9. The van der Waals surface area contributed by atoms with Crippen molar-refractivity contribution in [3.05, 3.63) is 35.4 Å². The van der Waals surface area contributed by atoms with Crippen LogP contribution in [-0.2, 0) is 14.3 Å². The Morgan fingerprint density at radius 1 is 1.16 bits per heavy atom. The maximum absolute atomic E-state index is 12.4. The Morgan fingerprint density at radius 2 is 1.76 bits per heavy atom. The highest BCUT2D eigenvalue weighted by molar-refractivity contribution is 6.21. The third-order valence-corrected chi connectivity index (χ3v) is 4.32. The lowest BCUT2D eigenvalue weighted by molar-refractivity contribution is -0.166. The number of carbonyl (C=O) groups excluding carboxylic acids is 3. The third kappa shape index (κ3) is 3.25. The lowest BCUT2D eigenvalue weighted by Gasteiger charge is -2.35. The molecule has 1 aromatic rings. The van der Waals surface area contributed by atoms with Crippen molar-refractivity contribution < 1.29 is 29.0 Å². The summed E-state index contributed by atoms with van der Waals surface area (Å²) >= 11 is 0. The number of ether oxygens (including phenoxy) is 1. The molecule has 1 unspecified atom stereocenters. The number of carbonyl (C=O) groups is 4. The van der Waals surface area contributed by atoms with Gasteiger partial charge < -0.3 is 14.7 Å². The quantitative estimate of drug-likeness (QED) is 0.790. The first-order valence-corrected chi connectivity index (χ1v) is 7.99. The number of imide groups is 1. The van der Waals surface area contributed by atoms with Crippen molar-refractivity contribution in [2.24, 2.45) is 0 Å². The summed E-state index contributed by atoms with van der Waals surface area (Å²) in [5.74, 6) is -2.25. The molecule has 8 heteroatoms. The molecule has 0 aromatic heterocycles. The molecule has 3 rings (SSSR count). The van der Waals surface area contributed by atoms with Crippen molar-refractivity contribution in [1.29, 1.82) is 0 Å². The van der Waals surface area contributed by atoms with Crippen LogP contribution in [-0.4, -0.2) is 70.4 Å². The average molecular weight is 346 g/mol. The van der Waals surface area contributed by atoms with E-state index in [1.165, 1.54) is 4.90 Å². The van der Waals surface area contributed by atoms with Crippen molar-refractivity contribution in [3.8, 4) is 0 Å². The summed E-state index contributed by atoms with van der Waals surface area (Å²) in [6.45, 7) is 1.90. The Labute approximate surface area is 144 Å². The summed E-state index contributed by atoms with van der Waals surface area (Å²) < 4.78 is 5.27. The van der Waals surface area contributed by atoms with Crippen LogP contribution in [0.25, 0.3) is 0 Å². The zero-order valence-electron chi connectivity index (χ0n) is 13.7. The number of fused-ring (bicyclic) bond motifs is 1. The lowest BCUT2D eigenvalue weighted by atomic mass is 10.1. The fourth-order valence-electron chi connectivity index (χ4n) is 3.10. The van der Waals surface area contributed by atoms with Gasteiger partial charge in [0.1, 0.15) is 0 Å². The number of rotatable bonds is 4. The number of nitrogens with zero attached hydrogens (tertiary/aromatic N) is 2. The second-order valence-corrected chi connectivity index (χ2v) is 6.13. The standard InChI is InChI=1S/C17H18N2O6/c1-10-8-18(9-13(25-10)17(23)24)14(20)6-7-19-15(21)11-4-2-3-5-12(11)16(19)22/h2-5,10,13H,6-9H2,1H3,(H,23,24)/t10-,13?/m1/s1. The van der Waals surface area contributed by atoms with E-state index in [9.17, 15) is 19.2 Å². The molecule has 25 heavy (non-hydrogen) atoms. The van der Waals surface area contributed by atoms with Gasteiger partial charge in [0, 0.05) is 19.5 Å². The molecule has 2 aliphatic heterocycles. The Kier molecular flexibility index (Phi) is 4.54. The minimum Gasteiger partial charge on any atom is -0.479 e. The first-order valence-electron chi connectivity index (χ1n) is 7.99. The summed E-state index contributed by atoms with van der Waals surface area (Å²) in [4.78, 5) is 50.5. The van der Waals surface area contributed by atoms with Crippen molar-refractivity contribution in [2.75, 3.05) is 19.6 Å². The van der Waals surface area contributed by atoms with Crippen LogP contribution in [0.5, 0.6) is 0 Å². The highest BCUT2D eigenvalue weighted by Crippen LogP contribution is 2.22. The zero-order valence-corrected chi connectivity index (χ0v) is 13.7. The molecule has 1 fully saturated rings. The van der Waals surface area contributed by atoms with E-state index >= 15 is 0 Å². The van der Waals surface area contributed by atoms with Gasteiger partial charge in [0.05, 0.1) is 23.8 Å². The van der Waals surface area contributed by atoms with Crippen LogP contribution in [0, 0.1) is 0 Å². The second kappa shape index (κ2) is 6.64. The van der Waals surface area contributed by atoms with Gasteiger partial charge in [-0.3, -0.25) is 19.3 Å². The van der Waals surface area contributed by atoms with Crippen molar-refractivity contribution in [1.82, 2.24) is 9.80 Å². The van der Waals surface area contributed by atoms with Crippen LogP contribution in [0.4, 0.5) is 0 Å². The number of carboxylic acid groups (broad SMARTS) is 1. The van der Waals surface area contributed by atoms with Crippen LogP contribution < -0.4 is 0 Å². The van der Waals surface area contributed by atoms with Crippen molar-refractivity contribution >= 4 is 23.7 Å². The monoisotopic (exact) mass is 346 g/mol. The second-order valence-electron chi connectivity index (χ2n) is 6.13. The van der Waals surface area contributed by atoms with E-state index in [-0.39, 0.29) is 32.0 Å². The summed E-state index contributed by atoms with van der Waals surface area (Å²) in [6, 6.07) is 6.52. The minimum atomic E-state index is -1.12. The van der Waals surface area contributed by atoms with E-state index < -0.39 is 30.0 Å². The van der Waals surface area contributed by atoms with Crippen LogP contribution >= 0.6 is 0 Å². The van der Waals surface area contributed by atoms with Gasteiger partial charge in [-0.2, -0.15) is 0 Å². The number of hydrogen-bond acceptors (Lipinski definition) is 5. The van der Waals surface area contributed by atoms with E-state index in [1.807, 2.05) is 0 Å². The van der Waals surface area contributed by atoms with Crippen LogP contribution in [0.1, 0.15) is 34.1 Å². The predicted molar refractivity (Wildman–Crippen MR) is 85.0 cm³/mol. The molecule has 2 heterocycles. The molecule has 0 aliphatic carbocycles. The Balaban J connectivity index is 1.62. The Bertz CT molecular complexity index is 711. The van der Waals surface area contributed by atoms with E-state index in [4.69, 9.17) is 9.84 Å². The van der Waals surface area contributed by atoms with Crippen LogP contribution in [0.3, 0.4) is 0 Å². The molecule has 0 radical (unpaired) electrons. The third-order valence-electron chi connectivity index (χ3n) is 4.32. The predicted octanol–water partition coefficient (Wildman–Crippen LogP) is 0.373. The number of morpholine rings is 1. The van der Waals surface area contributed by atoms with Gasteiger partial charge >= 0.3 is 5.97 Å². The highest BCUT2D eigenvalue weighted by atomic mass is 16.5. The maximum Gasteiger partial charge on any atom is 0.334 e. The first kappa shape index (κ1) is 17.1. The van der Waals surface area contributed by atoms with Crippen molar-refractivity contribution in [3.63, 3.8) is 0 Å². The summed E-state index contributed by atoms with van der Waals surface area (Å²) in [5, 5.41) is 9.07. The smallest absolute Gasteiger partial charge is 0.334 e. The molecule has 8 nitrogen and oxygen atoms in total. The SMILES string of the molecule is C[C@@H]1CN(C(=O)CCN2C(=O)c3ccccc3C2=O)CC(C(=O)O)O1. The molecule has 2 aliphatic rings. The highest BCUT2D eigenvalue weighted by Gasteiger charge is 2.36. The fraction of sp³-hybridized carbons (Fsp3) is 0.412. The molecule has 3 amide bonds. The molecule has 0 spiro atoms. The number of amides is 3. The van der Waals surface area contributed by atoms with Gasteiger partial charge in [0.15, 0.2) is 6.10 Å². The van der Waals surface area contributed by atoms with E-state index in [1.54, 1.807) is 31.2 Å². The minimum absolute atomic E-state index is 0.0331. The summed E-state index contributed by atoms with van der Waals surface area (Å²) in [6.07, 6.45) is -1.50. The fourth-order valence-corrected chi connectivity index (χ4v) is 3.10. The Morgan fingerprint density at radius 3 is 2.32 bits per heavy atom. The van der Waals surface area contributed by atoms with E-state index in [2.05, 4.69) is 0 Å². The number of benzene rings is 1. The van der Waals surface area contributed by atoms with E-state index in [0.29, 0.717) is 11.1 Å². The molecule has 2 atom stereocenters. The largest absolute Gasteiger partial charge is 0.479 e. The van der Waals surface area contributed by atoms with Gasteiger partial charge in [-0.15, -0.1) is 0 Å². The van der Waals surface area contributed by atoms with Gasteiger partial charge in [0.25, 0.3) is 11.8 Å².